The quantitative estimate of drug-likeness (QED) is 0.728. The largest absolute Gasteiger partial charge is 0.492 e. The minimum Gasteiger partial charge on any atom is -0.492 e. The second kappa shape index (κ2) is 5.38. The first-order valence-corrected chi connectivity index (χ1v) is 8.50. The molecule has 0 unspecified atom stereocenters. The van der Waals surface area contributed by atoms with E-state index in [4.69, 9.17) is 10.5 Å². The Hall–Kier alpha value is -2.34. The Balaban J connectivity index is 1.86. The Bertz CT molecular complexity index is 865. The van der Waals surface area contributed by atoms with Crippen molar-refractivity contribution in [2.75, 3.05) is 12.3 Å². The van der Waals surface area contributed by atoms with E-state index in [1.807, 2.05) is 22.9 Å². The first-order valence-electron chi connectivity index (χ1n) is 7.69. The molecule has 0 atom stereocenters. The highest BCUT2D eigenvalue weighted by Crippen LogP contribution is 2.44. The van der Waals surface area contributed by atoms with Crippen LogP contribution in [-0.2, 0) is 6.42 Å². The zero-order valence-electron chi connectivity index (χ0n) is 13.1. The first kappa shape index (κ1) is 14.3. The molecule has 5 nitrogen and oxygen atoms in total. The Morgan fingerprint density at radius 1 is 1.30 bits per heavy atom. The highest BCUT2D eigenvalue weighted by atomic mass is 32.1. The highest BCUT2D eigenvalue weighted by Gasteiger charge is 2.21. The normalized spacial score (nSPS) is 13.3. The topological polar surface area (TPSA) is 66.0 Å². The summed E-state index contributed by atoms with van der Waals surface area (Å²) in [5.74, 6) is 1.79. The molecule has 2 N–H and O–H groups in total. The molecule has 0 radical (unpaired) electrons. The summed E-state index contributed by atoms with van der Waals surface area (Å²) in [6.07, 6.45) is 2.51. The van der Waals surface area contributed by atoms with Crippen molar-refractivity contribution in [2.24, 2.45) is 0 Å². The van der Waals surface area contributed by atoms with Crippen LogP contribution in [0.2, 0.25) is 0 Å². The second-order valence-corrected chi connectivity index (χ2v) is 6.99. The molecule has 0 spiro atoms. The van der Waals surface area contributed by atoms with Crippen LogP contribution in [-0.4, -0.2) is 21.4 Å². The van der Waals surface area contributed by atoms with Crippen LogP contribution in [0.1, 0.15) is 25.5 Å². The standard InChI is InChI=1S/C17H18N4OS/c1-10(2)21-17(19-9-20-21)15-7-11-5-6-22-14-8-12(18)3-4-13(14)16(11)23-15/h3-4,7-10H,5-6,18H2,1-2H3. The number of anilines is 1. The third kappa shape index (κ3) is 2.39. The van der Waals surface area contributed by atoms with Crippen molar-refractivity contribution in [2.45, 2.75) is 26.3 Å². The molecule has 3 aromatic rings. The third-order valence-corrected chi connectivity index (χ3v) is 5.18. The van der Waals surface area contributed by atoms with Gasteiger partial charge in [-0.05, 0) is 37.6 Å². The number of ether oxygens (including phenoxy) is 1. The highest BCUT2D eigenvalue weighted by molar-refractivity contribution is 7.19. The van der Waals surface area contributed by atoms with E-state index < -0.39 is 0 Å². The summed E-state index contributed by atoms with van der Waals surface area (Å²) in [5.41, 5.74) is 9.02. The number of nitrogens with zero attached hydrogens (tertiary/aromatic N) is 3. The summed E-state index contributed by atoms with van der Waals surface area (Å²) in [7, 11) is 0. The van der Waals surface area contributed by atoms with Gasteiger partial charge in [-0.15, -0.1) is 11.3 Å². The van der Waals surface area contributed by atoms with Gasteiger partial charge in [0.25, 0.3) is 0 Å². The van der Waals surface area contributed by atoms with E-state index in [2.05, 4.69) is 30.0 Å². The number of hydrogen-bond donors (Lipinski definition) is 1. The van der Waals surface area contributed by atoms with Gasteiger partial charge >= 0.3 is 0 Å². The van der Waals surface area contributed by atoms with E-state index in [9.17, 15) is 0 Å². The molecule has 0 fully saturated rings. The van der Waals surface area contributed by atoms with E-state index in [1.54, 1.807) is 17.7 Å². The van der Waals surface area contributed by atoms with Crippen LogP contribution in [0.3, 0.4) is 0 Å². The molecule has 118 valence electrons. The van der Waals surface area contributed by atoms with E-state index in [1.165, 1.54) is 10.4 Å². The fraction of sp³-hybridized carbons (Fsp3) is 0.294. The number of aromatic nitrogens is 3. The molecule has 0 saturated carbocycles. The van der Waals surface area contributed by atoms with Crippen molar-refractivity contribution in [1.82, 2.24) is 14.8 Å². The maximum Gasteiger partial charge on any atom is 0.168 e. The molecular weight excluding hydrogens is 308 g/mol. The summed E-state index contributed by atoms with van der Waals surface area (Å²) < 4.78 is 7.82. The van der Waals surface area contributed by atoms with Crippen LogP contribution in [0.25, 0.3) is 21.1 Å². The summed E-state index contributed by atoms with van der Waals surface area (Å²) in [4.78, 5) is 6.84. The summed E-state index contributed by atoms with van der Waals surface area (Å²) in [6.45, 7) is 4.89. The molecule has 3 heterocycles. The lowest BCUT2D eigenvalue weighted by molar-refractivity contribution is 0.326. The van der Waals surface area contributed by atoms with Gasteiger partial charge in [0.2, 0.25) is 0 Å². The van der Waals surface area contributed by atoms with Crippen LogP contribution in [0.5, 0.6) is 5.75 Å². The zero-order valence-corrected chi connectivity index (χ0v) is 13.9. The van der Waals surface area contributed by atoms with Crippen LogP contribution in [0.4, 0.5) is 5.69 Å². The average Bonchev–Trinajstić information content (AvgIpc) is 3.11. The lowest BCUT2D eigenvalue weighted by atomic mass is 10.1. The fourth-order valence-corrected chi connectivity index (χ4v) is 4.10. The van der Waals surface area contributed by atoms with E-state index in [-0.39, 0.29) is 6.04 Å². The molecular formula is C17H18N4OS. The molecule has 1 aliphatic rings. The minimum absolute atomic E-state index is 0.282. The van der Waals surface area contributed by atoms with Crippen molar-refractivity contribution in [1.29, 1.82) is 0 Å². The third-order valence-electron chi connectivity index (χ3n) is 3.97. The van der Waals surface area contributed by atoms with Crippen molar-refractivity contribution >= 4 is 17.0 Å². The van der Waals surface area contributed by atoms with Gasteiger partial charge in [0.15, 0.2) is 5.82 Å². The van der Waals surface area contributed by atoms with Crippen LogP contribution in [0.15, 0.2) is 30.6 Å². The van der Waals surface area contributed by atoms with Gasteiger partial charge < -0.3 is 10.5 Å². The molecule has 6 heteroatoms. The van der Waals surface area contributed by atoms with E-state index in [0.29, 0.717) is 6.61 Å². The second-order valence-electron chi connectivity index (χ2n) is 5.94. The van der Waals surface area contributed by atoms with Gasteiger partial charge in [0.1, 0.15) is 12.1 Å². The van der Waals surface area contributed by atoms with Gasteiger partial charge in [-0.25, -0.2) is 9.67 Å². The monoisotopic (exact) mass is 326 g/mol. The number of rotatable bonds is 2. The van der Waals surface area contributed by atoms with Crippen LogP contribution in [0, 0.1) is 0 Å². The minimum atomic E-state index is 0.282. The molecule has 4 rings (SSSR count). The summed E-state index contributed by atoms with van der Waals surface area (Å²) in [5, 5.41) is 4.34. The van der Waals surface area contributed by atoms with Crippen molar-refractivity contribution in [3.8, 4) is 26.9 Å². The summed E-state index contributed by atoms with van der Waals surface area (Å²) in [6, 6.07) is 8.37. The number of hydrogen-bond acceptors (Lipinski definition) is 5. The van der Waals surface area contributed by atoms with Gasteiger partial charge in [-0.1, -0.05) is 0 Å². The number of nitrogen functional groups attached to an aromatic ring is 1. The van der Waals surface area contributed by atoms with Crippen molar-refractivity contribution < 1.29 is 4.74 Å². The SMILES string of the molecule is CC(C)n1ncnc1-c1cc2c(s1)-c1ccc(N)cc1OCC2. The Morgan fingerprint density at radius 2 is 2.17 bits per heavy atom. The lowest BCUT2D eigenvalue weighted by Gasteiger charge is -2.08. The van der Waals surface area contributed by atoms with Crippen molar-refractivity contribution in [3.63, 3.8) is 0 Å². The van der Waals surface area contributed by atoms with Crippen LogP contribution < -0.4 is 10.5 Å². The number of benzene rings is 1. The smallest absolute Gasteiger partial charge is 0.168 e. The Kier molecular flexibility index (Phi) is 3.34. The summed E-state index contributed by atoms with van der Waals surface area (Å²) >= 11 is 1.74. The van der Waals surface area contributed by atoms with Gasteiger partial charge in [-0.3, -0.25) is 0 Å². The molecule has 1 aromatic carbocycles. The van der Waals surface area contributed by atoms with Gasteiger partial charge in [0, 0.05) is 34.7 Å². The molecule has 23 heavy (non-hydrogen) atoms. The number of nitrogens with two attached hydrogens (primary N) is 1. The molecule has 0 bridgehead atoms. The number of thiophene rings is 1. The molecule has 1 aliphatic heterocycles. The fourth-order valence-electron chi connectivity index (χ4n) is 2.87. The van der Waals surface area contributed by atoms with Gasteiger partial charge in [-0.2, -0.15) is 5.10 Å². The van der Waals surface area contributed by atoms with Crippen LogP contribution >= 0.6 is 11.3 Å². The molecule has 0 saturated heterocycles. The first-order chi connectivity index (χ1) is 11.1. The average molecular weight is 326 g/mol. The zero-order chi connectivity index (χ0) is 16.0. The Labute approximate surface area is 138 Å². The van der Waals surface area contributed by atoms with Gasteiger partial charge in [0.05, 0.1) is 11.5 Å². The predicted octanol–water partition coefficient (Wildman–Crippen LogP) is 3.77. The Morgan fingerprint density at radius 3 is 3.00 bits per heavy atom. The van der Waals surface area contributed by atoms with E-state index in [0.717, 1.165) is 34.1 Å². The molecule has 0 aliphatic carbocycles. The van der Waals surface area contributed by atoms with Crippen molar-refractivity contribution in [3.05, 3.63) is 36.2 Å². The maximum absolute atomic E-state index is 5.89. The predicted molar refractivity (Wildman–Crippen MR) is 92.8 cm³/mol. The number of fused-ring (bicyclic) bond motifs is 3. The molecule has 2 aromatic heterocycles. The maximum atomic E-state index is 5.89. The lowest BCUT2D eigenvalue weighted by Crippen LogP contribution is -2.04. The molecule has 0 amide bonds. The van der Waals surface area contributed by atoms with E-state index >= 15 is 0 Å².